The minimum Gasteiger partial charge on any atom is -0.330 e. The summed E-state index contributed by atoms with van der Waals surface area (Å²) in [5, 5.41) is 4.22. The van der Waals surface area contributed by atoms with Crippen LogP contribution in [0.5, 0.6) is 0 Å². The van der Waals surface area contributed by atoms with Gasteiger partial charge in [-0.2, -0.15) is 0 Å². The molecule has 4 unspecified atom stereocenters. The van der Waals surface area contributed by atoms with Gasteiger partial charge in [-0.15, -0.1) is 10.6 Å². The van der Waals surface area contributed by atoms with Gasteiger partial charge in [0.1, 0.15) is 5.84 Å². The van der Waals surface area contributed by atoms with E-state index in [0.717, 1.165) is 30.6 Å². The highest BCUT2D eigenvalue weighted by atomic mass is 15.8. The Morgan fingerprint density at radius 2 is 2.44 bits per heavy atom. The number of rotatable bonds is 4. The van der Waals surface area contributed by atoms with Gasteiger partial charge in [0.2, 0.25) is 0 Å². The zero-order valence-corrected chi connectivity index (χ0v) is 10.9. The highest BCUT2D eigenvalue weighted by Gasteiger charge is 2.59. The Morgan fingerprint density at radius 3 is 3.11 bits per heavy atom. The Labute approximate surface area is 108 Å². The van der Waals surface area contributed by atoms with Crippen LogP contribution in [0.4, 0.5) is 0 Å². The minimum absolute atomic E-state index is 0.215. The first-order valence-corrected chi connectivity index (χ1v) is 7.01. The van der Waals surface area contributed by atoms with Crippen molar-refractivity contribution in [1.82, 2.24) is 16.5 Å². The van der Waals surface area contributed by atoms with Gasteiger partial charge in [-0.1, -0.05) is 25.5 Å². The average Bonchev–Trinajstić information content (AvgIpc) is 2.70. The van der Waals surface area contributed by atoms with Crippen LogP contribution in [0.25, 0.3) is 0 Å². The van der Waals surface area contributed by atoms with E-state index in [4.69, 9.17) is 5.73 Å². The summed E-state index contributed by atoms with van der Waals surface area (Å²) in [6.07, 6.45) is 9.45. The topological polar surface area (TPSA) is 74.5 Å². The molecule has 5 nitrogen and oxygen atoms in total. The Balaban J connectivity index is 1.84. The zero-order valence-electron chi connectivity index (χ0n) is 10.9. The third-order valence-electron chi connectivity index (χ3n) is 5.17. The van der Waals surface area contributed by atoms with Gasteiger partial charge in [-0.25, -0.2) is 5.53 Å². The summed E-state index contributed by atoms with van der Waals surface area (Å²) < 4.78 is 0. The lowest BCUT2D eigenvalue weighted by Gasteiger charge is -2.60. The fourth-order valence-corrected chi connectivity index (χ4v) is 4.35. The number of nitrogens with one attached hydrogen (secondary N) is 3. The third-order valence-corrected chi connectivity index (χ3v) is 5.17. The smallest absolute Gasteiger partial charge is 0.140 e. The van der Waals surface area contributed by atoms with Crippen molar-refractivity contribution in [3.8, 4) is 0 Å². The molecular weight excluding hydrogens is 226 g/mol. The lowest BCUT2D eigenvalue weighted by molar-refractivity contribution is -0.0877. The van der Waals surface area contributed by atoms with Crippen LogP contribution in [0.1, 0.15) is 32.6 Å². The number of hydrazone groups is 1. The molecule has 100 valence electrons. The number of hydrogen-bond acceptors (Lipinski definition) is 5. The zero-order chi connectivity index (χ0) is 12.6. The number of hydrogen-bond donors (Lipinski definition) is 4. The lowest BCUT2D eigenvalue weighted by atomic mass is 9.44. The molecule has 5 heteroatoms. The second kappa shape index (κ2) is 4.55. The van der Waals surface area contributed by atoms with Crippen LogP contribution < -0.4 is 22.2 Å². The molecule has 1 fully saturated rings. The second-order valence-corrected chi connectivity index (χ2v) is 5.74. The van der Waals surface area contributed by atoms with Crippen molar-refractivity contribution >= 4 is 5.84 Å². The molecule has 0 aromatic rings. The van der Waals surface area contributed by atoms with Crippen LogP contribution in [-0.4, -0.2) is 12.4 Å². The molecule has 1 aliphatic heterocycles. The van der Waals surface area contributed by atoms with E-state index in [0.29, 0.717) is 5.92 Å². The van der Waals surface area contributed by atoms with E-state index in [1.54, 1.807) is 0 Å². The summed E-state index contributed by atoms with van der Waals surface area (Å²) in [4.78, 5) is 0. The summed E-state index contributed by atoms with van der Waals surface area (Å²) in [6, 6.07) is 0. The first kappa shape index (κ1) is 12.0. The summed E-state index contributed by atoms with van der Waals surface area (Å²) in [5.74, 6) is 3.18. The molecule has 0 aromatic heterocycles. The Morgan fingerprint density at radius 1 is 1.56 bits per heavy atom. The van der Waals surface area contributed by atoms with Crippen molar-refractivity contribution in [3.05, 3.63) is 12.2 Å². The maximum atomic E-state index is 6.17. The predicted molar refractivity (Wildman–Crippen MR) is 72.1 cm³/mol. The molecule has 0 amide bonds. The van der Waals surface area contributed by atoms with Gasteiger partial charge in [0.25, 0.3) is 0 Å². The van der Waals surface area contributed by atoms with Gasteiger partial charge in [-0.3, -0.25) is 5.43 Å². The van der Waals surface area contributed by atoms with E-state index < -0.39 is 0 Å². The lowest BCUT2D eigenvalue weighted by Crippen LogP contribution is -2.60. The summed E-state index contributed by atoms with van der Waals surface area (Å²) in [7, 11) is 0. The third kappa shape index (κ3) is 1.57. The van der Waals surface area contributed by atoms with Crippen LogP contribution in [-0.2, 0) is 0 Å². The molecule has 3 rings (SSSR count). The van der Waals surface area contributed by atoms with E-state index in [-0.39, 0.29) is 5.41 Å². The van der Waals surface area contributed by atoms with Gasteiger partial charge in [0, 0.05) is 6.42 Å². The van der Waals surface area contributed by atoms with Crippen molar-refractivity contribution in [1.29, 1.82) is 0 Å². The van der Waals surface area contributed by atoms with Crippen LogP contribution in [0.15, 0.2) is 17.3 Å². The number of amidine groups is 1. The van der Waals surface area contributed by atoms with Crippen LogP contribution in [0, 0.1) is 23.2 Å². The SMILES string of the molecule is CCC1C2C=CCCC1C2(CN)CC1=NNNN1. The number of nitrogens with zero attached hydrogens (tertiary/aromatic N) is 1. The normalized spacial score (nSPS) is 41.4. The van der Waals surface area contributed by atoms with Gasteiger partial charge < -0.3 is 5.73 Å². The fourth-order valence-electron chi connectivity index (χ4n) is 4.35. The maximum absolute atomic E-state index is 6.17. The molecular formula is C13H23N5. The largest absolute Gasteiger partial charge is 0.330 e. The molecule has 0 aromatic carbocycles. The summed E-state index contributed by atoms with van der Waals surface area (Å²) in [5.41, 5.74) is 15.0. The Bertz CT molecular complexity index is 378. The van der Waals surface area contributed by atoms with Gasteiger partial charge in [0.05, 0.1) is 0 Å². The van der Waals surface area contributed by atoms with E-state index in [1.165, 1.54) is 19.3 Å². The molecule has 1 saturated carbocycles. The number of fused-ring (bicyclic) bond motifs is 2. The molecule has 18 heavy (non-hydrogen) atoms. The molecule has 3 aliphatic rings. The van der Waals surface area contributed by atoms with Crippen molar-refractivity contribution in [2.45, 2.75) is 32.6 Å². The van der Waals surface area contributed by atoms with Gasteiger partial charge in [-0.05, 0) is 42.6 Å². The summed E-state index contributed by atoms with van der Waals surface area (Å²) in [6.45, 7) is 3.06. The molecule has 5 N–H and O–H groups in total. The van der Waals surface area contributed by atoms with E-state index in [1.807, 2.05) is 0 Å². The van der Waals surface area contributed by atoms with Crippen LogP contribution in [0.2, 0.25) is 0 Å². The molecule has 2 aliphatic carbocycles. The van der Waals surface area contributed by atoms with Crippen molar-refractivity contribution in [3.63, 3.8) is 0 Å². The summed E-state index contributed by atoms with van der Waals surface area (Å²) >= 11 is 0. The quantitative estimate of drug-likeness (QED) is 0.558. The molecule has 2 bridgehead atoms. The molecule has 0 radical (unpaired) electrons. The monoisotopic (exact) mass is 249 g/mol. The van der Waals surface area contributed by atoms with E-state index in [2.05, 4.69) is 40.7 Å². The van der Waals surface area contributed by atoms with Crippen LogP contribution >= 0.6 is 0 Å². The second-order valence-electron chi connectivity index (χ2n) is 5.74. The van der Waals surface area contributed by atoms with Crippen molar-refractivity contribution in [2.75, 3.05) is 6.54 Å². The van der Waals surface area contributed by atoms with Crippen LogP contribution in [0.3, 0.4) is 0 Å². The molecule has 4 atom stereocenters. The van der Waals surface area contributed by atoms with Crippen molar-refractivity contribution in [2.24, 2.45) is 34.0 Å². The van der Waals surface area contributed by atoms with Crippen molar-refractivity contribution < 1.29 is 0 Å². The van der Waals surface area contributed by atoms with Gasteiger partial charge >= 0.3 is 0 Å². The first-order valence-electron chi connectivity index (χ1n) is 7.01. The number of nitrogens with two attached hydrogens (primary N) is 1. The molecule has 1 heterocycles. The number of allylic oxidation sites excluding steroid dienone is 2. The van der Waals surface area contributed by atoms with Gasteiger partial charge in [0.15, 0.2) is 0 Å². The Hall–Kier alpha value is -1.07. The highest BCUT2D eigenvalue weighted by Crippen LogP contribution is 2.62. The molecule has 0 spiro atoms. The van der Waals surface area contributed by atoms with E-state index >= 15 is 0 Å². The molecule has 0 saturated heterocycles. The van der Waals surface area contributed by atoms with E-state index in [9.17, 15) is 0 Å². The maximum Gasteiger partial charge on any atom is 0.140 e. The average molecular weight is 249 g/mol. The first-order chi connectivity index (χ1) is 8.81. The highest BCUT2D eigenvalue weighted by molar-refractivity contribution is 5.83. The standard InChI is InChI=1S/C13H23N5/c1-2-9-10-5-3-4-6-11(9)13(10,8-14)7-12-15-17-18-16-12/h3,5,9-11,17-18H,2,4,6-8,14H2,1H3,(H,15,16). The fraction of sp³-hybridized carbons (Fsp3) is 0.769. The predicted octanol–water partition coefficient (Wildman–Crippen LogP) is 0.870. The minimum atomic E-state index is 0.215. The Kier molecular flexibility index (Phi) is 3.03. The number of hydrazine groups is 2.